The van der Waals surface area contributed by atoms with E-state index in [4.69, 9.17) is 0 Å². The molecule has 0 spiro atoms. The Balaban J connectivity index is 3.73. The van der Waals surface area contributed by atoms with Crippen molar-refractivity contribution in [3.05, 3.63) is 0 Å². The van der Waals surface area contributed by atoms with Crippen LogP contribution in [0.4, 0.5) is 0 Å². The molecule has 0 bridgehead atoms. The highest BCUT2D eigenvalue weighted by molar-refractivity contribution is 7.23. The molecule has 0 aromatic heterocycles. The largest absolute Gasteiger partial charge is 0.447 e. The molecule has 0 aliphatic rings. The monoisotopic (exact) mass is 162 g/mol. The number of hydrogen-bond donors (Lipinski definition) is 0. The van der Waals surface area contributed by atoms with Gasteiger partial charge in [-0.05, 0) is 0 Å². The first-order chi connectivity index (χ1) is 4.72. The summed E-state index contributed by atoms with van der Waals surface area (Å²) in [5.74, 6) is -2.55. The van der Waals surface area contributed by atoms with Crippen molar-refractivity contribution < 1.29 is 23.7 Å². The van der Waals surface area contributed by atoms with E-state index in [0.29, 0.717) is 0 Å². The number of ether oxygens (including phenoxy) is 1. The number of Topliss-reactive ketones (excluding diaryl/α,β-unsaturated/α-hetero) is 1. The van der Waals surface area contributed by atoms with Gasteiger partial charge in [0.15, 0.2) is 21.1 Å². The summed E-state index contributed by atoms with van der Waals surface area (Å²) in [5, 5.41) is 0. The van der Waals surface area contributed by atoms with Crippen LogP contribution in [0.2, 0.25) is 0 Å². The van der Waals surface area contributed by atoms with E-state index < -0.39 is 26.6 Å². The predicted molar refractivity (Wildman–Crippen MR) is 29.6 cm³/mol. The zero-order valence-electron chi connectivity index (χ0n) is 4.77. The molecule has 0 saturated heterocycles. The molecule has 0 atom stereocenters. The lowest BCUT2D eigenvalue weighted by Crippen LogP contribution is -2.17. The van der Waals surface area contributed by atoms with E-state index in [0.717, 1.165) is 0 Å². The van der Waals surface area contributed by atoms with Crippen LogP contribution in [0, 0.1) is 0 Å². The Bertz CT molecular complexity index is 174. The third-order valence-electron chi connectivity index (χ3n) is 0.557. The van der Waals surface area contributed by atoms with Crippen molar-refractivity contribution in [2.45, 2.75) is 0 Å². The van der Waals surface area contributed by atoms with Crippen LogP contribution in [0.3, 0.4) is 0 Å². The van der Waals surface area contributed by atoms with Gasteiger partial charge in [-0.25, -0.2) is 4.79 Å². The maximum absolute atomic E-state index is 10.2. The molecule has 0 fully saturated rings. The molecule has 0 aromatic rings. The molecular weight excluding hydrogens is 159 g/mol. The van der Waals surface area contributed by atoms with Crippen LogP contribution in [0.5, 0.6) is 0 Å². The van der Waals surface area contributed by atoms with Gasteiger partial charge in [-0.3, -0.25) is 14.2 Å². The highest BCUT2D eigenvalue weighted by Crippen LogP contribution is 1.91. The summed E-state index contributed by atoms with van der Waals surface area (Å²) in [6, 6.07) is 0. The molecule has 54 valence electrons. The van der Waals surface area contributed by atoms with Crippen molar-refractivity contribution in [1.29, 1.82) is 0 Å². The Kier molecular flexibility index (Phi) is 4.24. The lowest BCUT2D eigenvalue weighted by atomic mass is 10.5. The van der Waals surface area contributed by atoms with Crippen molar-refractivity contribution in [2.24, 2.45) is 0 Å². The van der Waals surface area contributed by atoms with Gasteiger partial charge in [0, 0.05) is 0 Å². The Morgan fingerprint density at radius 2 is 2.10 bits per heavy atom. The van der Waals surface area contributed by atoms with Crippen molar-refractivity contribution in [1.82, 2.24) is 0 Å². The molecule has 10 heavy (non-hydrogen) atoms. The Labute approximate surface area is 57.6 Å². The second-order valence-corrected chi connectivity index (χ2v) is 1.69. The predicted octanol–water partition coefficient (Wildman–Crippen LogP) is -0.453. The first kappa shape index (κ1) is 8.91. The highest BCUT2D eigenvalue weighted by atomic mass is 31.1. The molecule has 0 N–H and O–H groups in total. The number of aldehydes is 1. The van der Waals surface area contributed by atoms with Crippen LogP contribution in [0.15, 0.2) is 0 Å². The van der Waals surface area contributed by atoms with Crippen LogP contribution in [0.25, 0.3) is 0 Å². The summed E-state index contributed by atoms with van der Waals surface area (Å²) >= 11 is 0. The Morgan fingerprint density at radius 3 is 2.50 bits per heavy atom. The van der Waals surface area contributed by atoms with Gasteiger partial charge in [0.1, 0.15) is 0 Å². The summed E-state index contributed by atoms with van der Waals surface area (Å²) in [6.07, 6.45) is -0.567. The van der Waals surface area contributed by atoms with Crippen LogP contribution < -0.4 is 0 Å². The van der Waals surface area contributed by atoms with E-state index in [9.17, 15) is 18.9 Å². The fraction of sp³-hybridized carbons (Fsp3) is 0.250. The quantitative estimate of drug-likeness (QED) is 0.184. The van der Waals surface area contributed by atoms with Gasteiger partial charge in [-0.1, -0.05) is 0 Å². The normalized spacial score (nSPS) is 8.80. The summed E-state index contributed by atoms with van der Waals surface area (Å²) in [6.45, 7) is 0. The van der Waals surface area contributed by atoms with E-state index in [-0.39, 0.29) is 6.29 Å². The van der Waals surface area contributed by atoms with Gasteiger partial charge in [-0.2, -0.15) is 0 Å². The van der Waals surface area contributed by atoms with Crippen LogP contribution in [0.1, 0.15) is 0 Å². The lowest BCUT2D eigenvalue weighted by Gasteiger charge is -1.91. The lowest BCUT2D eigenvalue weighted by molar-refractivity contribution is -0.153. The maximum Gasteiger partial charge on any atom is 0.383 e. The zero-order chi connectivity index (χ0) is 7.98. The molecule has 0 amide bonds. The number of esters is 1. The molecular formula is C4H3O5P. The van der Waals surface area contributed by atoms with E-state index in [2.05, 4.69) is 4.74 Å². The second kappa shape index (κ2) is 4.76. The van der Waals surface area contributed by atoms with E-state index in [1.807, 2.05) is 0 Å². The van der Waals surface area contributed by atoms with Crippen LogP contribution in [-0.2, 0) is 23.7 Å². The zero-order valence-corrected chi connectivity index (χ0v) is 5.67. The van der Waals surface area contributed by atoms with Gasteiger partial charge < -0.3 is 4.74 Å². The van der Waals surface area contributed by atoms with Crippen molar-refractivity contribution in [3.8, 4) is 0 Å². The van der Waals surface area contributed by atoms with Gasteiger partial charge in [0.25, 0.3) is 0 Å². The molecule has 0 saturated carbocycles. The fourth-order valence-corrected chi connectivity index (χ4v) is 0.374. The van der Waals surface area contributed by atoms with Crippen molar-refractivity contribution in [2.75, 3.05) is 6.35 Å². The first-order valence-corrected chi connectivity index (χ1v) is 3.17. The average Bonchev–Trinajstić information content (AvgIpc) is 1.98. The SMILES string of the molecule is O=CC(=O)C(=O)OCP=O. The van der Waals surface area contributed by atoms with Crippen molar-refractivity contribution in [3.63, 3.8) is 0 Å². The van der Waals surface area contributed by atoms with E-state index in [1.165, 1.54) is 0 Å². The van der Waals surface area contributed by atoms with E-state index in [1.54, 1.807) is 0 Å². The number of hydrogen-bond acceptors (Lipinski definition) is 5. The summed E-state index contributed by atoms with van der Waals surface area (Å²) in [5.41, 5.74) is 0. The molecule has 0 aliphatic heterocycles. The number of ketones is 1. The minimum atomic E-state index is -1.28. The molecule has 0 unspecified atom stereocenters. The molecule has 6 heteroatoms. The summed E-state index contributed by atoms with van der Waals surface area (Å²) in [4.78, 5) is 29.8. The van der Waals surface area contributed by atoms with Crippen LogP contribution >= 0.6 is 8.46 Å². The topological polar surface area (TPSA) is 77.5 Å². The third-order valence-corrected chi connectivity index (χ3v) is 0.791. The maximum atomic E-state index is 10.2. The molecule has 0 radical (unpaired) electrons. The van der Waals surface area contributed by atoms with E-state index >= 15 is 0 Å². The number of carbonyl (C=O) groups excluding carboxylic acids is 3. The number of rotatable bonds is 4. The smallest absolute Gasteiger partial charge is 0.383 e. The molecule has 0 aliphatic carbocycles. The molecule has 0 heterocycles. The average molecular weight is 162 g/mol. The standard InChI is InChI=1S/C4H3O5P/c5-1-3(6)4(7)9-2-10-8/h1H,2H2. The number of carbonyl (C=O) groups is 3. The van der Waals surface area contributed by atoms with Gasteiger partial charge in [0.05, 0.1) is 0 Å². The molecule has 5 nitrogen and oxygen atoms in total. The van der Waals surface area contributed by atoms with Gasteiger partial charge in [-0.15, -0.1) is 0 Å². The fourth-order valence-electron chi connectivity index (χ4n) is 0.204. The molecule has 0 aromatic carbocycles. The van der Waals surface area contributed by atoms with Crippen LogP contribution in [-0.4, -0.2) is 24.4 Å². The Morgan fingerprint density at radius 1 is 1.50 bits per heavy atom. The minimum Gasteiger partial charge on any atom is -0.447 e. The second-order valence-electron chi connectivity index (χ2n) is 1.17. The molecule has 0 rings (SSSR count). The highest BCUT2D eigenvalue weighted by Gasteiger charge is 2.12. The summed E-state index contributed by atoms with van der Waals surface area (Å²) in [7, 11) is -0.410. The van der Waals surface area contributed by atoms with Crippen molar-refractivity contribution >= 4 is 26.5 Å². The van der Waals surface area contributed by atoms with Gasteiger partial charge >= 0.3 is 11.8 Å². The van der Waals surface area contributed by atoms with Gasteiger partial charge in [0.2, 0.25) is 0 Å². The summed E-state index contributed by atoms with van der Waals surface area (Å²) < 4.78 is 13.6. The minimum absolute atomic E-state index is 0.163. The third kappa shape index (κ3) is 3.04. The first-order valence-electron chi connectivity index (χ1n) is 2.17. The Hall–Kier alpha value is -1.09.